The third-order valence-electron chi connectivity index (χ3n) is 3.26. The zero-order chi connectivity index (χ0) is 14.8. The highest BCUT2D eigenvalue weighted by molar-refractivity contribution is 5.84. The number of benzene rings is 1. The second-order valence-electron chi connectivity index (χ2n) is 6.21. The fourth-order valence-electron chi connectivity index (χ4n) is 2.46. The molecule has 0 saturated carbocycles. The standard InChI is InChI=1S/C17H23NO2/c1-13-8-5-6-10-15(13)18-11-7-9-14(18)12-16(19)20-17(2,3)4/h5-6,8,10,12H,7,9,11H2,1-4H3/b14-12+. The molecule has 0 aromatic heterocycles. The minimum Gasteiger partial charge on any atom is -0.457 e. The van der Waals surface area contributed by atoms with Crippen LogP contribution in [0, 0.1) is 6.92 Å². The molecule has 2 rings (SSSR count). The number of esters is 1. The van der Waals surface area contributed by atoms with Gasteiger partial charge < -0.3 is 9.64 Å². The van der Waals surface area contributed by atoms with E-state index in [9.17, 15) is 4.79 Å². The van der Waals surface area contributed by atoms with Gasteiger partial charge in [0.15, 0.2) is 0 Å². The largest absolute Gasteiger partial charge is 0.457 e. The van der Waals surface area contributed by atoms with Gasteiger partial charge in [-0.2, -0.15) is 0 Å². The minimum absolute atomic E-state index is 0.256. The molecule has 1 aromatic rings. The fraction of sp³-hybridized carbons (Fsp3) is 0.471. The van der Waals surface area contributed by atoms with Gasteiger partial charge >= 0.3 is 5.97 Å². The van der Waals surface area contributed by atoms with Crippen molar-refractivity contribution in [3.05, 3.63) is 41.6 Å². The second kappa shape index (κ2) is 5.70. The summed E-state index contributed by atoms with van der Waals surface area (Å²) in [5.74, 6) is -0.256. The van der Waals surface area contributed by atoms with Crippen LogP contribution in [0.4, 0.5) is 5.69 Å². The molecule has 1 fully saturated rings. The summed E-state index contributed by atoms with van der Waals surface area (Å²) in [7, 11) is 0. The highest BCUT2D eigenvalue weighted by Gasteiger charge is 2.22. The summed E-state index contributed by atoms with van der Waals surface area (Å²) in [5.41, 5.74) is 3.01. The molecule has 3 heteroatoms. The van der Waals surface area contributed by atoms with Crippen LogP contribution in [-0.4, -0.2) is 18.1 Å². The first kappa shape index (κ1) is 14.6. The lowest BCUT2D eigenvalue weighted by atomic mass is 10.1. The fourth-order valence-corrected chi connectivity index (χ4v) is 2.46. The SMILES string of the molecule is Cc1ccccc1N1CCC/C1=C\C(=O)OC(C)(C)C. The molecular weight excluding hydrogens is 250 g/mol. The van der Waals surface area contributed by atoms with Gasteiger partial charge in [-0.25, -0.2) is 4.79 Å². The van der Waals surface area contributed by atoms with Crippen molar-refractivity contribution in [2.24, 2.45) is 0 Å². The van der Waals surface area contributed by atoms with Crippen LogP contribution in [0.2, 0.25) is 0 Å². The van der Waals surface area contributed by atoms with E-state index in [1.54, 1.807) is 6.08 Å². The molecule has 0 N–H and O–H groups in total. The number of anilines is 1. The molecule has 1 aliphatic heterocycles. The molecule has 1 aromatic carbocycles. The number of hydrogen-bond donors (Lipinski definition) is 0. The normalized spacial score (nSPS) is 17.6. The monoisotopic (exact) mass is 273 g/mol. The van der Waals surface area contributed by atoms with Crippen molar-refractivity contribution in [3.8, 4) is 0 Å². The van der Waals surface area contributed by atoms with Crippen LogP contribution in [0.5, 0.6) is 0 Å². The summed E-state index contributed by atoms with van der Waals surface area (Å²) in [4.78, 5) is 14.2. The average Bonchev–Trinajstić information content (AvgIpc) is 2.75. The Morgan fingerprint density at radius 1 is 1.30 bits per heavy atom. The Balaban J connectivity index is 2.20. The first-order valence-corrected chi connectivity index (χ1v) is 7.13. The number of ether oxygens (including phenoxy) is 1. The zero-order valence-electron chi connectivity index (χ0n) is 12.8. The first-order valence-electron chi connectivity index (χ1n) is 7.13. The Kier molecular flexibility index (Phi) is 4.17. The van der Waals surface area contributed by atoms with Crippen LogP contribution in [0.3, 0.4) is 0 Å². The van der Waals surface area contributed by atoms with Gasteiger partial charge in [0.25, 0.3) is 0 Å². The summed E-state index contributed by atoms with van der Waals surface area (Å²) in [6, 6.07) is 8.26. The maximum Gasteiger partial charge on any atom is 0.333 e. The van der Waals surface area contributed by atoms with E-state index in [1.807, 2.05) is 32.9 Å². The molecule has 108 valence electrons. The lowest BCUT2D eigenvalue weighted by Crippen LogP contribution is -2.24. The van der Waals surface area contributed by atoms with E-state index in [4.69, 9.17) is 4.74 Å². The molecule has 0 radical (unpaired) electrons. The Labute approximate surface area is 121 Å². The summed E-state index contributed by atoms with van der Waals surface area (Å²) in [6.07, 6.45) is 3.64. The van der Waals surface area contributed by atoms with E-state index in [2.05, 4.69) is 24.0 Å². The lowest BCUT2D eigenvalue weighted by molar-refractivity contribution is -0.148. The lowest BCUT2D eigenvalue weighted by Gasteiger charge is -2.23. The van der Waals surface area contributed by atoms with Crippen LogP contribution in [-0.2, 0) is 9.53 Å². The molecule has 0 spiro atoms. The van der Waals surface area contributed by atoms with Gasteiger partial charge in [0, 0.05) is 24.0 Å². The van der Waals surface area contributed by atoms with Gasteiger partial charge in [-0.05, 0) is 52.2 Å². The predicted octanol–water partition coefficient (Wildman–Crippen LogP) is 3.82. The summed E-state index contributed by atoms with van der Waals surface area (Å²) in [6.45, 7) is 8.71. The molecule has 1 aliphatic rings. The van der Waals surface area contributed by atoms with Crippen molar-refractivity contribution in [1.82, 2.24) is 0 Å². The van der Waals surface area contributed by atoms with Gasteiger partial charge in [0.05, 0.1) is 0 Å². The highest BCUT2D eigenvalue weighted by Crippen LogP contribution is 2.30. The number of para-hydroxylation sites is 1. The maximum atomic E-state index is 12.0. The van der Waals surface area contributed by atoms with Crippen molar-refractivity contribution in [3.63, 3.8) is 0 Å². The topological polar surface area (TPSA) is 29.5 Å². The van der Waals surface area contributed by atoms with E-state index in [1.165, 1.54) is 11.3 Å². The zero-order valence-corrected chi connectivity index (χ0v) is 12.8. The third kappa shape index (κ3) is 3.62. The molecule has 3 nitrogen and oxygen atoms in total. The Morgan fingerprint density at radius 2 is 2.00 bits per heavy atom. The molecular formula is C17H23NO2. The van der Waals surface area contributed by atoms with E-state index < -0.39 is 5.60 Å². The van der Waals surface area contributed by atoms with Crippen molar-refractivity contribution < 1.29 is 9.53 Å². The van der Waals surface area contributed by atoms with Crippen molar-refractivity contribution in [1.29, 1.82) is 0 Å². The number of carbonyl (C=O) groups is 1. The Morgan fingerprint density at radius 3 is 2.65 bits per heavy atom. The van der Waals surface area contributed by atoms with E-state index in [0.717, 1.165) is 25.1 Å². The maximum absolute atomic E-state index is 12.0. The third-order valence-corrected chi connectivity index (χ3v) is 3.26. The van der Waals surface area contributed by atoms with Crippen LogP contribution in [0.1, 0.15) is 39.2 Å². The predicted molar refractivity (Wildman–Crippen MR) is 81.7 cm³/mol. The molecule has 20 heavy (non-hydrogen) atoms. The number of allylic oxidation sites excluding steroid dienone is 1. The van der Waals surface area contributed by atoms with E-state index >= 15 is 0 Å². The van der Waals surface area contributed by atoms with Crippen LogP contribution < -0.4 is 4.90 Å². The first-order chi connectivity index (χ1) is 9.37. The van der Waals surface area contributed by atoms with Crippen molar-refractivity contribution >= 4 is 11.7 Å². The number of hydrogen-bond acceptors (Lipinski definition) is 3. The minimum atomic E-state index is -0.444. The number of nitrogens with zero attached hydrogens (tertiary/aromatic N) is 1. The Bertz CT molecular complexity index is 526. The highest BCUT2D eigenvalue weighted by atomic mass is 16.6. The number of carbonyl (C=O) groups excluding carboxylic acids is 1. The van der Waals surface area contributed by atoms with Crippen LogP contribution in [0.25, 0.3) is 0 Å². The quantitative estimate of drug-likeness (QED) is 0.606. The summed E-state index contributed by atoms with van der Waals surface area (Å²) >= 11 is 0. The molecule has 0 aliphatic carbocycles. The Hall–Kier alpha value is -1.77. The second-order valence-corrected chi connectivity index (χ2v) is 6.21. The van der Waals surface area contributed by atoms with Gasteiger partial charge in [-0.15, -0.1) is 0 Å². The van der Waals surface area contributed by atoms with Crippen LogP contribution in [0.15, 0.2) is 36.0 Å². The van der Waals surface area contributed by atoms with Gasteiger partial charge in [-0.1, -0.05) is 18.2 Å². The number of aryl methyl sites for hydroxylation is 1. The van der Waals surface area contributed by atoms with E-state index in [-0.39, 0.29) is 5.97 Å². The molecule has 0 amide bonds. The van der Waals surface area contributed by atoms with Gasteiger partial charge in [0.2, 0.25) is 0 Å². The molecule has 0 bridgehead atoms. The van der Waals surface area contributed by atoms with Gasteiger partial charge in [-0.3, -0.25) is 0 Å². The summed E-state index contributed by atoms with van der Waals surface area (Å²) < 4.78 is 5.37. The van der Waals surface area contributed by atoms with Crippen LogP contribution >= 0.6 is 0 Å². The smallest absolute Gasteiger partial charge is 0.333 e. The molecule has 1 saturated heterocycles. The van der Waals surface area contributed by atoms with Crippen molar-refractivity contribution in [2.75, 3.05) is 11.4 Å². The van der Waals surface area contributed by atoms with Crippen molar-refractivity contribution in [2.45, 2.75) is 46.1 Å². The van der Waals surface area contributed by atoms with E-state index in [0.29, 0.717) is 0 Å². The average molecular weight is 273 g/mol. The molecule has 0 atom stereocenters. The number of rotatable bonds is 2. The van der Waals surface area contributed by atoms with Gasteiger partial charge in [0.1, 0.15) is 5.60 Å². The molecule has 0 unspecified atom stereocenters. The summed E-state index contributed by atoms with van der Waals surface area (Å²) in [5, 5.41) is 0. The molecule has 1 heterocycles.